The van der Waals surface area contributed by atoms with Crippen molar-refractivity contribution in [1.82, 2.24) is 5.32 Å². The quantitative estimate of drug-likeness (QED) is 0.232. The molecule has 0 saturated carbocycles. The molecule has 2 rings (SSSR count). The monoisotopic (exact) mass is 443 g/mol. The van der Waals surface area contributed by atoms with Gasteiger partial charge >= 0.3 is 11.8 Å². The van der Waals surface area contributed by atoms with Crippen molar-refractivity contribution in [3.05, 3.63) is 23.8 Å². The molecule has 172 valence electrons. The topological polar surface area (TPSA) is 192 Å². The van der Waals surface area contributed by atoms with Crippen LogP contribution in [-0.4, -0.2) is 93.7 Å². The normalized spacial score (nSPS) is 27.6. The van der Waals surface area contributed by atoms with Crippen molar-refractivity contribution >= 4 is 18.2 Å². The van der Waals surface area contributed by atoms with E-state index in [1.807, 2.05) is 0 Å². The summed E-state index contributed by atoms with van der Waals surface area (Å²) in [6, 6.07) is 2.57. The minimum absolute atomic E-state index is 0.000194. The molecule has 12 nitrogen and oxygen atoms in total. The lowest BCUT2D eigenvalue weighted by Gasteiger charge is -2.46. The highest BCUT2D eigenvalue weighted by Gasteiger charge is 2.56. The van der Waals surface area contributed by atoms with E-state index < -0.39 is 61.1 Å². The number of methoxy groups -OCH3 is 1. The molecular formula is C19H25NO11. The lowest BCUT2D eigenvalue weighted by atomic mass is 9.88. The van der Waals surface area contributed by atoms with Crippen LogP contribution in [0, 0.1) is 0 Å². The molecule has 0 aromatic heterocycles. The first kappa shape index (κ1) is 24.5. The number of nitrogens with one attached hydrogen (secondary N) is 1. The molecule has 1 aromatic carbocycles. The van der Waals surface area contributed by atoms with Crippen LogP contribution in [0.4, 0.5) is 0 Å². The van der Waals surface area contributed by atoms with Gasteiger partial charge in [0.05, 0.1) is 32.3 Å². The lowest BCUT2D eigenvalue weighted by molar-refractivity contribution is -0.284. The Balaban J connectivity index is 2.48. The maximum absolute atomic E-state index is 12.1. The number of amides is 1. The van der Waals surface area contributed by atoms with Crippen LogP contribution in [0.25, 0.3) is 0 Å². The van der Waals surface area contributed by atoms with Crippen molar-refractivity contribution < 1.29 is 54.1 Å². The van der Waals surface area contributed by atoms with Crippen molar-refractivity contribution in [2.24, 2.45) is 0 Å². The zero-order chi connectivity index (χ0) is 23.3. The Kier molecular flexibility index (Phi) is 7.92. The maximum Gasteiger partial charge on any atom is 0.377 e. The molecule has 6 N–H and O–H groups in total. The third-order valence-corrected chi connectivity index (χ3v) is 4.79. The Morgan fingerprint density at radius 3 is 2.55 bits per heavy atom. The number of aliphatic hydroxyl groups excluding tert-OH is 4. The van der Waals surface area contributed by atoms with Crippen LogP contribution in [-0.2, 0) is 14.3 Å². The van der Waals surface area contributed by atoms with Gasteiger partial charge in [-0.1, -0.05) is 0 Å². The number of rotatable bonds is 9. The first-order valence-corrected chi connectivity index (χ1v) is 9.24. The van der Waals surface area contributed by atoms with Gasteiger partial charge in [0.1, 0.15) is 24.6 Å². The van der Waals surface area contributed by atoms with Crippen LogP contribution in [0.2, 0.25) is 0 Å². The van der Waals surface area contributed by atoms with E-state index in [0.29, 0.717) is 6.29 Å². The summed E-state index contributed by atoms with van der Waals surface area (Å²) in [5.74, 6) is -5.00. The Hall–Kier alpha value is -2.77. The van der Waals surface area contributed by atoms with E-state index in [0.717, 1.165) is 6.92 Å². The van der Waals surface area contributed by atoms with Crippen LogP contribution in [0.3, 0.4) is 0 Å². The number of carbonyl (C=O) groups is 3. The van der Waals surface area contributed by atoms with E-state index in [2.05, 4.69) is 5.32 Å². The molecule has 1 aliphatic heterocycles. The summed E-state index contributed by atoms with van der Waals surface area (Å²) < 4.78 is 16.2. The predicted molar refractivity (Wildman–Crippen MR) is 102 cm³/mol. The summed E-state index contributed by atoms with van der Waals surface area (Å²) in [7, 11) is 1.26. The molecule has 2 unspecified atom stereocenters. The Labute approximate surface area is 177 Å². The smallest absolute Gasteiger partial charge is 0.377 e. The van der Waals surface area contributed by atoms with Gasteiger partial charge in [-0.15, -0.1) is 0 Å². The molecule has 31 heavy (non-hydrogen) atoms. The molecule has 1 aromatic rings. The van der Waals surface area contributed by atoms with E-state index in [4.69, 9.17) is 19.3 Å². The summed E-state index contributed by atoms with van der Waals surface area (Å²) in [6.45, 7) is 0.236. The van der Waals surface area contributed by atoms with Crippen LogP contribution in [0.15, 0.2) is 18.2 Å². The van der Waals surface area contributed by atoms with Gasteiger partial charge in [-0.2, -0.15) is 0 Å². The fourth-order valence-electron chi connectivity index (χ4n) is 3.25. The maximum atomic E-state index is 12.1. The zero-order valence-corrected chi connectivity index (χ0v) is 16.8. The van der Waals surface area contributed by atoms with E-state index >= 15 is 0 Å². The third-order valence-electron chi connectivity index (χ3n) is 4.79. The first-order valence-electron chi connectivity index (χ1n) is 9.24. The van der Waals surface area contributed by atoms with E-state index in [1.54, 1.807) is 0 Å². The highest BCUT2D eigenvalue weighted by molar-refractivity contribution is 5.78. The number of benzene rings is 1. The van der Waals surface area contributed by atoms with Gasteiger partial charge in [0.2, 0.25) is 5.91 Å². The number of carbonyl (C=O) groups excluding carboxylic acids is 2. The summed E-state index contributed by atoms with van der Waals surface area (Å²) >= 11 is 0. The number of aliphatic carboxylic acids is 1. The average Bonchev–Trinajstić information content (AvgIpc) is 2.74. The van der Waals surface area contributed by atoms with Gasteiger partial charge in [0.15, 0.2) is 11.5 Å². The number of hydrogen-bond acceptors (Lipinski definition) is 10. The molecule has 0 aliphatic carbocycles. The number of aliphatic hydroxyl groups is 4. The van der Waals surface area contributed by atoms with Gasteiger partial charge in [-0.05, 0) is 18.2 Å². The van der Waals surface area contributed by atoms with Crippen molar-refractivity contribution in [1.29, 1.82) is 0 Å². The first-order chi connectivity index (χ1) is 14.6. The highest BCUT2D eigenvalue weighted by atomic mass is 16.7. The fourth-order valence-corrected chi connectivity index (χ4v) is 3.25. The minimum atomic E-state index is -2.56. The lowest BCUT2D eigenvalue weighted by Crippen LogP contribution is -2.68. The van der Waals surface area contributed by atoms with Crippen LogP contribution < -0.4 is 14.8 Å². The molecule has 0 radical (unpaired) electrons. The largest absolute Gasteiger partial charge is 0.493 e. The van der Waals surface area contributed by atoms with Crippen molar-refractivity contribution in [2.45, 2.75) is 49.6 Å². The van der Waals surface area contributed by atoms with E-state index in [-0.39, 0.29) is 17.1 Å². The molecule has 1 amide bonds. The van der Waals surface area contributed by atoms with Crippen molar-refractivity contribution in [2.75, 3.05) is 13.7 Å². The van der Waals surface area contributed by atoms with Crippen LogP contribution in [0.1, 0.15) is 23.7 Å². The summed E-state index contributed by atoms with van der Waals surface area (Å²) in [6.07, 6.45) is -7.05. The van der Waals surface area contributed by atoms with E-state index in [9.17, 15) is 34.8 Å². The van der Waals surface area contributed by atoms with Gasteiger partial charge in [0.25, 0.3) is 0 Å². The van der Waals surface area contributed by atoms with Gasteiger partial charge < -0.3 is 45.1 Å². The van der Waals surface area contributed by atoms with Gasteiger partial charge in [-0.25, -0.2) is 4.79 Å². The standard InChI is InChI=1S/C19H25NO11/c1-9(23)20-15-11(24)6-19(18(27)28,31-17(15)16(26)12(25)8-22)30-13-4-3-10(7-21)5-14(13)29-2/h3-5,7,11-12,15-17,22,24-26H,6,8H2,1-2H3,(H,20,23)(H,27,28)/t11-,12?,15+,16?,17-,19-/m0/s1. The molecule has 1 fully saturated rings. The Morgan fingerprint density at radius 2 is 2.03 bits per heavy atom. The summed E-state index contributed by atoms with van der Waals surface area (Å²) in [5, 5.41) is 52.2. The highest BCUT2D eigenvalue weighted by Crippen LogP contribution is 2.38. The number of aldehydes is 1. The van der Waals surface area contributed by atoms with Gasteiger partial charge in [-0.3, -0.25) is 9.59 Å². The van der Waals surface area contributed by atoms with Gasteiger partial charge in [0, 0.05) is 12.5 Å². The molecule has 1 aliphatic rings. The molecule has 1 heterocycles. The second-order valence-electron chi connectivity index (χ2n) is 7.01. The molecule has 1 saturated heterocycles. The third kappa shape index (κ3) is 5.29. The summed E-state index contributed by atoms with van der Waals surface area (Å²) in [5.41, 5.74) is 0.225. The molecule has 12 heteroatoms. The van der Waals surface area contributed by atoms with E-state index in [1.165, 1.54) is 25.3 Å². The fraction of sp³-hybridized carbons (Fsp3) is 0.526. The number of carboxylic acid groups (broad SMARTS) is 1. The van der Waals surface area contributed by atoms with Crippen molar-refractivity contribution in [3.63, 3.8) is 0 Å². The molecule has 0 bridgehead atoms. The number of hydrogen-bond donors (Lipinski definition) is 6. The van der Waals surface area contributed by atoms with Crippen LogP contribution >= 0.6 is 0 Å². The molecular weight excluding hydrogens is 418 g/mol. The van der Waals surface area contributed by atoms with Crippen LogP contribution in [0.5, 0.6) is 11.5 Å². The zero-order valence-electron chi connectivity index (χ0n) is 16.8. The average molecular weight is 443 g/mol. The Bertz CT molecular complexity index is 816. The molecule has 6 atom stereocenters. The summed E-state index contributed by atoms with van der Waals surface area (Å²) in [4.78, 5) is 34.6. The molecule has 0 spiro atoms. The predicted octanol–water partition coefficient (Wildman–Crippen LogP) is -1.96. The number of carboxylic acids is 1. The van der Waals surface area contributed by atoms with Crippen molar-refractivity contribution in [3.8, 4) is 11.5 Å². The Morgan fingerprint density at radius 1 is 1.35 bits per heavy atom. The second kappa shape index (κ2) is 10.0. The minimum Gasteiger partial charge on any atom is -0.493 e. The second-order valence-corrected chi connectivity index (χ2v) is 7.01. The SMILES string of the molecule is COc1cc(C=O)ccc1O[C@@]1(C(=O)O)C[C@H](O)[C@@H](NC(C)=O)[C@@H](C(O)C(O)CO)O1. The number of ether oxygens (including phenoxy) is 3.